The number of nitrogens with one attached hydrogen (secondary N) is 1. The highest BCUT2D eigenvalue weighted by Gasteiger charge is 2.31. The largest absolute Gasteiger partial charge is 0.416 e. The van der Waals surface area contributed by atoms with Crippen LogP contribution in [-0.2, 0) is 16.2 Å². The van der Waals surface area contributed by atoms with Gasteiger partial charge in [0.15, 0.2) is 0 Å². The minimum atomic E-state index is -4.56. The van der Waals surface area contributed by atoms with Crippen molar-refractivity contribution in [1.82, 2.24) is 4.98 Å². The topological polar surface area (TPSA) is 59.1 Å². The Bertz CT molecular complexity index is 1040. The molecule has 0 bridgehead atoms. The second-order valence-electron chi connectivity index (χ2n) is 5.46. The lowest BCUT2D eigenvalue weighted by atomic mass is 10.1. The molecule has 25 heavy (non-hydrogen) atoms. The number of sulfonamides is 1. The van der Waals surface area contributed by atoms with E-state index in [0.717, 1.165) is 12.1 Å². The van der Waals surface area contributed by atoms with Gasteiger partial charge in [0, 0.05) is 11.6 Å². The highest BCUT2D eigenvalue weighted by molar-refractivity contribution is 7.93. The molecule has 8 heteroatoms. The van der Waals surface area contributed by atoms with Crippen LogP contribution in [0.5, 0.6) is 0 Å². The first-order valence-electron chi connectivity index (χ1n) is 7.23. The van der Waals surface area contributed by atoms with Crippen molar-refractivity contribution < 1.29 is 21.6 Å². The summed E-state index contributed by atoms with van der Waals surface area (Å²) in [6.45, 7) is 1.53. The zero-order valence-electron chi connectivity index (χ0n) is 13.0. The summed E-state index contributed by atoms with van der Waals surface area (Å²) in [6, 6.07) is 10.9. The quantitative estimate of drug-likeness (QED) is 0.749. The molecule has 0 spiro atoms. The minimum Gasteiger partial charge on any atom is -0.279 e. The van der Waals surface area contributed by atoms with E-state index in [4.69, 9.17) is 0 Å². The summed E-state index contributed by atoms with van der Waals surface area (Å²) in [6.07, 6.45) is -3.11. The molecule has 3 rings (SSSR count). The van der Waals surface area contributed by atoms with Gasteiger partial charge in [-0.1, -0.05) is 24.3 Å². The van der Waals surface area contributed by atoms with Gasteiger partial charge in [0.05, 0.1) is 16.8 Å². The van der Waals surface area contributed by atoms with Gasteiger partial charge in [-0.2, -0.15) is 13.2 Å². The van der Waals surface area contributed by atoms with E-state index in [1.54, 1.807) is 24.3 Å². The molecular weight excluding hydrogens is 353 g/mol. The Labute approximate surface area is 142 Å². The van der Waals surface area contributed by atoms with Crippen LogP contribution in [0, 0.1) is 6.92 Å². The monoisotopic (exact) mass is 366 g/mol. The molecule has 2 aromatic carbocycles. The van der Waals surface area contributed by atoms with Crippen molar-refractivity contribution in [1.29, 1.82) is 0 Å². The van der Waals surface area contributed by atoms with Crippen LogP contribution in [-0.4, -0.2) is 13.4 Å². The third-order valence-corrected chi connectivity index (χ3v) is 5.09. The molecule has 1 N–H and O–H groups in total. The van der Waals surface area contributed by atoms with Crippen molar-refractivity contribution in [2.45, 2.75) is 18.0 Å². The van der Waals surface area contributed by atoms with Crippen molar-refractivity contribution in [3.8, 4) is 0 Å². The van der Waals surface area contributed by atoms with Crippen molar-refractivity contribution in [2.75, 3.05) is 4.72 Å². The van der Waals surface area contributed by atoms with Crippen LogP contribution in [0.2, 0.25) is 0 Å². The maximum Gasteiger partial charge on any atom is 0.416 e. The number of fused-ring (bicyclic) bond motifs is 1. The zero-order valence-corrected chi connectivity index (χ0v) is 13.8. The van der Waals surface area contributed by atoms with Crippen molar-refractivity contribution in [3.63, 3.8) is 0 Å². The van der Waals surface area contributed by atoms with Gasteiger partial charge in [0.25, 0.3) is 10.0 Å². The van der Waals surface area contributed by atoms with E-state index in [-0.39, 0.29) is 16.1 Å². The Morgan fingerprint density at radius 3 is 2.48 bits per heavy atom. The molecule has 0 aliphatic carbocycles. The Morgan fingerprint density at radius 2 is 1.76 bits per heavy atom. The van der Waals surface area contributed by atoms with Gasteiger partial charge in [-0.05, 0) is 36.8 Å². The molecule has 1 aromatic heterocycles. The smallest absolute Gasteiger partial charge is 0.279 e. The van der Waals surface area contributed by atoms with E-state index in [1.165, 1.54) is 25.3 Å². The van der Waals surface area contributed by atoms with Crippen molar-refractivity contribution in [3.05, 3.63) is 65.9 Å². The summed E-state index contributed by atoms with van der Waals surface area (Å²) in [4.78, 5) is 3.97. The van der Waals surface area contributed by atoms with Gasteiger partial charge in [0.2, 0.25) is 0 Å². The normalized spacial score (nSPS) is 12.3. The minimum absolute atomic E-state index is 0.0950. The average molecular weight is 366 g/mol. The molecule has 130 valence electrons. The van der Waals surface area contributed by atoms with E-state index < -0.39 is 21.8 Å². The predicted octanol–water partition coefficient (Wildman–Crippen LogP) is 4.36. The van der Waals surface area contributed by atoms with Gasteiger partial charge in [-0.25, -0.2) is 8.42 Å². The van der Waals surface area contributed by atoms with Gasteiger partial charge in [0.1, 0.15) is 4.90 Å². The summed E-state index contributed by atoms with van der Waals surface area (Å²) in [7, 11) is -4.10. The van der Waals surface area contributed by atoms with E-state index in [0.29, 0.717) is 10.9 Å². The van der Waals surface area contributed by atoms with Gasteiger partial charge < -0.3 is 0 Å². The zero-order chi connectivity index (χ0) is 18.2. The maximum absolute atomic E-state index is 12.9. The number of aromatic nitrogens is 1. The molecule has 4 nitrogen and oxygen atoms in total. The molecule has 3 aromatic rings. The summed E-state index contributed by atoms with van der Waals surface area (Å²) in [5.41, 5.74) is -0.415. The number of rotatable bonds is 3. The van der Waals surface area contributed by atoms with Gasteiger partial charge in [-0.3, -0.25) is 9.71 Å². The molecule has 0 aliphatic heterocycles. The first kappa shape index (κ1) is 17.2. The number of para-hydroxylation sites is 1. The third-order valence-electron chi connectivity index (χ3n) is 3.69. The molecule has 0 unspecified atom stereocenters. The van der Waals surface area contributed by atoms with E-state index in [9.17, 15) is 21.6 Å². The molecule has 0 atom stereocenters. The molecule has 0 amide bonds. The molecule has 0 saturated carbocycles. The van der Waals surface area contributed by atoms with Crippen LogP contribution in [0.25, 0.3) is 10.9 Å². The van der Waals surface area contributed by atoms with Gasteiger partial charge in [-0.15, -0.1) is 0 Å². The molecule has 0 saturated heterocycles. The van der Waals surface area contributed by atoms with E-state index >= 15 is 0 Å². The first-order chi connectivity index (χ1) is 11.7. The van der Waals surface area contributed by atoms with Crippen molar-refractivity contribution >= 4 is 26.6 Å². The van der Waals surface area contributed by atoms with Crippen LogP contribution in [0.1, 0.15) is 11.1 Å². The van der Waals surface area contributed by atoms with Gasteiger partial charge >= 0.3 is 6.18 Å². The number of aryl methyl sites for hydroxylation is 1. The Morgan fingerprint density at radius 1 is 1.04 bits per heavy atom. The summed E-state index contributed by atoms with van der Waals surface area (Å²) in [5, 5.41) is 0.617. The predicted molar refractivity (Wildman–Crippen MR) is 88.7 cm³/mol. The van der Waals surface area contributed by atoms with Crippen LogP contribution < -0.4 is 4.72 Å². The number of benzene rings is 2. The number of anilines is 1. The van der Waals surface area contributed by atoms with E-state index in [2.05, 4.69) is 9.71 Å². The number of halogens is 3. The fourth-order valence-corrected chi connectivity index (χ4v) is 3.70. The average Bonchev–Trinajstić information content (AvgIpc) is 2.55. The number of nitrogens with zero attached hydrogens (tertiary/aromatic N) is 1. The summed E-state index contributed by atoms with van der Waals surface area (Å²) in [5.74, 6) is 0. The summed E-state index contributed by atoms with van der Waals surface area (Å²) < 4.78 is 66.3. The number of alkyl halides is 3. The molecular formula is C17H13F3N2O2S. The number of hydrogen-bond acceptors (Lipinski definition) is 3. The fraction of sp³-hybridized carbons (Fsp3) is 0.118. The Hall–Kier alpha value is -2.61. The maximum atomic E-state index is 12.9. The Kier molecular flexibility index (Phi) is 4.16. The standard InChI is InChI=1S/C17H13F3N2O2S/c1-11-7-8-13(17(18,19)20)10-14(11)22-25(23,24)15-6-2-4-12-5-3-9-21-16(12)15/h2-10,22H,1H3. The lowest BCUT2D eigenvalue weighted by Crippen LogP contribution is -2.15. The molecule has 0 aliphatic rings. The third kappa shape index (κ3) is 3.43. The van der Waals surface area contributed by atoms with Crippen LogP contribution in [0.3, 0.4) is 0 Å². The SMILES string of the molecule is Cc1ccc(C(F)(F)F)cc1NS(=O)(=O)c1cccc2cccnc12. The number of pyridine rings is 1. The lowest BCUT2D eigenvalue weighted by Gasteiger charge is -2.14. The summed E-state index contributed by atoms with van der Waals surface area (Å²) >= 11 is 0. The highest BCUT2D eigenvalue weighted by atomic mass is 32.2. The molecule has 0 radical (unpaired) electrons. The lowest BCUT2D eigenvalue weighted by molar-refractivity contribution is -0.137. The molecule has 1 heterocycles. The van der Waals surface area contributed by atoms with Crippen LogP contribution in [0.4, 0.5) is 18.9 Å². The number of hydrogen-bond donors (Lipinski definition) is 1. The Balaban J connectivity index is 2.08. The second-order valence-corrected chi connectivity index (χ2v) is 7.12. The van der Waals surface area contributed by atoms with E-state index in [1.807, 2.05) is 0 Å². The van der Waals surface area contributed by atoms with Crippen molar-refractivity contribution in [2.24, 2.45) is 0 Å². The second kappa shape index (κ2) is 6.03. The first-order valence-corrected chi connectivity index (χ1v) is 8.71. The van der Waals surface area contributed by atoms with Crippen LogP contribution >= 0.6 is 0 Å². The highest BCUT2D eigenvalue weighted by Crippen LogP contribution is 2.33. The molecule has 0 fully saturated rings. The fourth-order valence-electron chi connectivity index (χ4n) is 2.40. The van der Waals surface area contributed by atoms with Crippen LogP contribution in [0.15, 0.2) is 59.6 Å².